The molecule has 0 radical (unpaired) electrons. The van der Waals surface area contributed by atoms with E-state index in [0.717, 1.165) is 0 Å². The number of ether oxygens (including phenoxy) is 1. The fourth-order valence-electron chi connectivity index (χ4n) is 2.25. The minimum atomic E-state index is -0.531. The van der Waals surface area contributed by atoms with Crippen LogP contribution in [0.1, 0.15) is 23.7 Å². The number of nitrogens with zero attached hydrogens (tertiary/aromatic N) is 1. The molecular formula is C14H15BrN2O4. The third-order valence-corrected chi connectivity index (χ3v) is 3.77. The Morgan fingerprint density at radius 1 is 1.48 bits per heavy atom. The summed E-state index contributed by atoms with van der Waals surface area (Å²) in [6, 6.07) is 4.97. The van der Waals surface area contributed by atoms with Crippen LogP contribution in [0, 0.1) is 5.92 Å². The number of hydrogen-bond donors (Lipinski definition) is 1. The predicted octanol–water partition coefficient (Wildman–Crippen LogP) is 1.46. The van der Waals surface area contributed by atoms with Crippen molar-refractivity contribution in [3.05, 3.63) is 28.2 Å². The molecule has 1 heterocycles. The van der Waals surface area contributed by atoms with Gasteiger partial charge in [-0.05, 0) is 25.1 Å². The molecule has 1 aromatic rings. The zero-order valence-electron chi connectivity index (χ0n) is 11.5. The van der Waals surface area contributed by atoms with Crippen molar-refractivity contribution in [2.24, 2.45) is 11.7 Å². The van der Waals surface area contributed by atoms with E-state index in [0.29, 0.717) is 10.2 Å². The average molecular weight is 355 g/mol. The SMILES string of the molecule is CCOC(=O)c1cc(Br)ccc1N1CC(C(N)=O)CC1=O. The summed E-state index contributed by atoms with van der Waals surface area (Å²) in [6.45, 7) is 2.13. The number of amides is 2. The summed E-state index contributed by atoms with van der Waals surface area (Å²) in [6.07, 6.45) is 0.0632. The van der Waals surface area contributed by atoms with E-state index in [1.165, 1.54) is 4.90 Å². The number of carbonyl (C=O) groups is 3. The Kier molecular flexibility index (Phi) is 4.62. The van der Waals surface area contributed by atoms with Gasteiger partial charge in [0.05, 0.1) is 23.8 Å². The molecule has 0 bridgehead atoms. The molecule has 1 aliphatic heterocycles. The van der Waals surface area contributed by atoms with Crippen LogP contribution >= 0.6 is 15.9 Å². The van der Waals surface area contributed by atoms with E-state index in [1.54, 1.807) is 25.1 Å². The summed E-state index contributed by atoms with van der Waals surface area (Å²) in [5, 5.41) is 0. The minimum Gasteiger partial charge on any atom is -0.462 e. The van der Waals surface area contributed by atoms with Gasteiger partial charge in [-0.3, -0.25) is 9.59 Å². The number of halogens is 1. The first-order valence-corrected chi connectivity index (χ1v) is 7.29. The highest BCUT2D eigenvalue weighted by Crippen LogP contribution is 2.30. The van der Waals surface area contributed by atoms with Gasteiger partial charge >= 0.3 is 5.97 Å². The Hall–Kier alpha value is -1.89. The number of benzene rings is 1. The standard InChI is InChI=1S/C14H15BrN2O4/c1-2-21-14(20)10-6-9(15)3-4-11(10)17-7-8(13(16)19)5-12(17)18/h3-4,6,8H,2,5,7H2,1H3,(H2,16,19). The lowest BCUT2D eigenvalue weighted by Crippen LogP contribution is -2.29. The Morgan fingerprint density at radius 3 is 2.76 bits per heavy atom. The van der Waals surface area contributed by atoms with Gasteiger partial charge in [0.25, 0.3) is 0 Å². The molecule has 2 amide bonds. The van der Waals surface area contributed by atoms with E-state index >= 15 is 0 Å². The Balaban J connectivity index is 2.37. The van der Waals surface area contributed by atoms with Crippen LogP contribution in [0.5, 0.6) is 0 Å². The lowest BCUT2D eigenvalue weighted by Gasteiger charge is -2.19. The van der Waals surface area contributed by atoms with Gasteiger partial charge in [0.15, 0.2) is 0 Å². The highest BCUT2D eigenvalue weighted by atomic mass is 79.9. The third kappa shape index (κ3) is 3.24. The lowest BCUT2D eigenvalue weighted by atomic mass is 10.1. The summed E-state index contributed by atoms with van der Waals surface area (Å²) in [5.41, 5.74) is 5.97. The van der Waals surface area contributed by atoms with Gasteiger partial charge in [-0.25, -0.2) is 4.79 Å². The molecule has 2 N–H and O–H groups in total. The molecule has 0 saturated carbocycles. The number of rotatable bonds is 4. The third-order valence-electron chi connectivity index (χ3n) is 3.27. The Bertz CT molecular complexity index is 603. The molecular weight excluding hydrogens is 340 g/mol. The van der Waals surface area contributed by atoms with Gasteiger partial charge in [-0.2, -0.15) is 0 Å². The van der Waals surface area contributed by atoms with E-state index in [9.17, 15) is 14.4 Å². The molecule has 7 heteroatoms. The first kappa shape index (κ1) is 15.5. The number of primary amides is 1. The molecule has 1 saturated heterocycles. The second kappa shape index (κ2) is 6.26. The molecule has 1 fully saturated rings. The monoisotopic (exact) mass is 354 g/mol. The van der Waals surface area contributed by atoms with Crippen molar-refractivity contribution in [1.29, 1.82) is 0 Å². The molecule has 6 nitrogen and oxygen atoms in total. The highest BCUT2D eigenvalue weighted by Gasteiger charge is 2.35. The van der Waals surface area contributed by atoms with Gasteiger partial charge in [0.2, 0.25) is 11.8 Å². The fourth-order valence-corrected chi connectivity index (χ4v) is 2.61. The van der Waals surface area contributed by atoms with Crippen LogP contribution < -0.4 is 10.6 Å². The summed E-state index contributed by atoms with van der Waals surface area (Å²) < 4.78 is 5.70. The molecule has 0 aliphatic carbocycles. The zero-order valence-corrected chi connectivity index (χ0v) is 13.1. The Labute approximate surface area is 130 Å². The largest absolute Gasteiger partial charge is 0.462 e. The number of nitrogens with two attached hydrogens (primary N) is 1. The van der Waals surface area contributed by atoms with Gasteiger partial charge in [0, 0.05) is 17.4 Å². The maximum absolute atomic E-state index is 12.1. The molecule has 2 rings (SSSR count). The fraction of sp³-hybridized carbons (Fsp3) is 0.357. The molecule has 1 unspecified atom stereocenters. The van der Waals surface area contributed by atoms with Crippen LogP contribution in [0.25, 0.3) is 0 Å². The van der Waals surface area contributed by atoms with E-state index in [2.05, 4.69) is 15.9 Å². The van der Waals surface area contributed by atoms with Crippen LogP contribution in [0.2, 0.25) is 0 Å². The lowest BCUT2D eigenvalue weighted by molar-refractivity contribution is -0.123. The predicted molar refractivity (Wildman–Crippen MR) is 79.8 cm³/mol. The van der Waals surface area contributed by atoms with Gasteiger partial charge < -0.3 is 15.4 Å². The normalized spacial score (nSPS) is 17.9. The second-order valence-corrected chi connectivity index (χ2v) is 5.61. The van der Waals surface area contributed by atoms with Crippen LogP contribution in [0.15, 0.2) is 22.7 Å². The molecule has 1 atom stereocenters. The molecule has 112 valence electrons. The van der Waals surface area contributed by atoms with Crippen molar-refractivity contribution in [3.63, 3.8) is 0 Å². The topological polar surface area (TPSA) is 89.7 Å². The summed E-state index contributed by atoms with van der Waals surface area (Å²) >= 11 is 3.29. The van der Waals surface area contributed by atoms with Gasteiger partial charge in [-0.15, -0.1) is 0 Å². The van der Waals surface area contributed by atoms with Crippen molar-refractivity contribution >= 4 is 39.4 Å². The molecule has 0 spiro atoms. The number of esters is 1. The first-order chi connectivity index (χ1) is 9.93. The molecule has 21 heavy (non-hydrogen) atoms. The number of anilines is 1. The second-order valence-electron chi connectivity index (χ2n) is 4.69. The summed E-state index contributed by atoms with van der Waals surface area (Å²) in [5.74, 6) is -1.78. The Morgan fingerprint density at radius 2 is 2.19 bits per heavy atom. The van der Waals surface area contributed by atoms with E-state index in [4.69, 9.17) is 10.5 Å². The molecule has 0 aromatic heterocycles. The quantitative estimate of drug-likeness (QED) is 0.828. The first-order valence-electron chi connectivity index (χ1n) is 6.50. The summed E-state index contributed by atoms with van der Waals surface area (Å²) in [4.78, 5) is 36.7. The van der Waals surface area contributed by atoms with Crippen LogP contribution in [-0.4, -0.2) is 30.9 Å². The van der Waals surface area contributed by atoms with Crippen molar-refractivity contribution in [1.82, 2.24) is 0 Å². The van der Waals surface area contributed by atoms with Crippen molar-refractivity contribution in [3.8, 4) is 0 Å². The maximum Gasteiger partial charge on any atom is 0.340 e. The van der Waals surface area contributed by atoms with Crippen molar-refractivity contribution in [2.45, 2.75) is 13.3 Å². The number of carbonyl (C=O) groups excluding carboxylic acids is 3. The average Bonchev–Trinajstić information content (AvgIpc) is 2.81. The molecule has 1 aromatic carbocycles. The number of hydrogen-bond acceptors (Lipinski definition) is 4. The van der Waals surface area contributed by atoms with E-state index in [-0.39, 0.29) is 31.0 Å². The highest BCUT2D eigenvalue weighted by molar-refractivity contribution is 9.10. The summed E-state index contributed by atoms with van der Waals surface area (Å²) in [7, 11) is 0. The van der Waals surface area contributed by atoms with Crippen LogP contribution in [0.4, 0.5) is 5.69 Å². The van der Waals surface area contributed by atoms with Crippen molar-refractivity contribution in [2.75, 3.05) is 18.1 Å². The van der Waals surface area contributed by atoms with Crippen LogP contribution in [-0.2, 0) is 14.3 Å². The van der Waals surface area contributed by atoms with E-state index in [1.807, 2.05) is 0 Å². The smallest absolute Gasteiger partial charge is 0.340 e. The minimum absolute atomic E-state index is 0.0632. The zero-order chi connectivity index (χ0) is 15.6. The van der Waals surface area contributed by atoms with Gasteiger partial charge in [-0.1, -0.05) is 15.9 Å². The van der Waals surface area contributed by atoms with E-state index < -0.39 is 17.8 Å². The molecule has 1 aliphatic rings. The van der Waals surface area contributed by atoms with Crippen LogP contribution in [0.3, 0.4) is 0 Å². The maximum atomic E-state index is 12.1. The van der Waals surface area contributed by atoms with Gasteiger partial charge in [0.1, 0.15) is 0 Å². The van der Waals surface area contributed by atoms with Crippen molar-refractivity contribution < 1.29 is 19.1 Å².